The van der Waals surface area contributed by atoms with Crippen molar-refractivity contribution in [1.82, 2.24) is 15.0 Å². The number of aromatic nitrogens is 3. The SMILES string of the molecule is COc1cc(S(=O)(=O)CCS(=O)(=O)O)ccc1Nc1nc(Cl)nc(-c2ccc([O-])c3ccccc23)n1.[Na+]. The summed E-state index contributed by atoms with van der Waals surface area (Å²) >= 11 is 6.13. The summed E-state index contributed by atoms with van der Waals surface area (Å²) in [5.74, 6) is -1.56. The number of benzene rings is 3. The van der Waals surface area contributed by atoms with Gasteiger partial charge in [0.25, 0.3) is 10.1 Å². The molecule has 37 heavy (non-hydrogen) atoms. The molecule has 11 nitrogen and oxygen atoms in total. The van der Waals surface area contributed by atoms with Crippen molar-refractivity contribution in [3.8, 4) is 22.9 Å². The summed E-state index contributed by atoms with van der Waals surface area (Å²) in [5, 5.41) is 16.1. The Morgan fingerprint density at radius 1 is 0.973 bits per heavy atom. The van der Waals surface area contributed by atoms with E-state index in [2.05, 4.69) is 20.3 Å². The second kappa shape index (κ2) is 11.5. The molecule has 0 fully saturated rings. The molecule has 0 aliphatic carbocycles. The Morgan fingerprint density at radius 2 is 1.68 bits per heavy atom. The number of rotatable bonds is 8. The van der Waals surface area contributed by atoms with Crippen LogP contribution in [0.3, 0.4) is 0 Å². The van der Waals surface area contributed by atoms with Gasteiger partial charge < -0.3 is 15.2 Å². The molecule has 3 aromatic carbocycles. The van der Waals surface area contributed by atoms with Crippen molar-refractivity contribution in [2.24, 2.45) is 0 Å². The normalized spacial score (nSPS) is 11.6. The van der Waals surface area contributed by atoms with Gasteiger partial charge in [-0.1, -0.05) is 36.4 Å². The Morgan fingerprint density at radius 3 is 2.35 bits per heavy atom. The molecular weight excluding hydrogens is 555 g/mol. The molecule has 0 atom stereocenters. The van der Waals surface area contributed by atoms with E-state index in [4.69, 9.17) is 20.9 Å². The number of methoxy groups -OCH3 is 1. The van der Waals surface area contributed by atoms with Crippen molar-refractivity contribution in [3.63, 3.8) is 0 Å². The van der Waals surface area contributed by atoms with Crippen molar-refractivity contribution in [3.05, 3.63) is 59.9 Å². The average molecular weight is 573 g/mol. The van der Waals surface area contributed by atoms with E-state index in [1.54, 1.807) is 30.3 Å². The van der Waals surface area contributed by atoms with E-state index in [0.29, 0.717) is 22.0 Å². The quantitative estimate of drug-likeness (QED) is 0.212. The first-order chi connectivity index (χ1) is 17.0. The molecule has 0 saturated carbocycles. The van der Waals surface area contributed by atoms with Crippen LogP contribution < -0.4 is 44.7 Å². The minimum atomic E-state index is -4.45. The van der Waals surface area contributed by atoms with Crippen molar-refractivity contribution in [1.29, 1.82) is 0 Å². The predicted molar refractivity (Wildman–Crippen MR) is 132 cm³/mol. The largest absolute Gasteiger partial charge is 1.00 e. The van der Waals surface area contributed by atoms with Gasteiger partial charge in [0.05, 0.1) is 29.2 Å². The number of halogens is 1. The predicted octanol–water partition coefficient (Wildman–Crippen LogP) is -0.163. The summed E-state index contributed by atoms with van der Waals surface area (Å²) in [4.78, 5) is 12.4. The van der Waals surface area contributed by atoms with E-state index in [-0.39, 0.29) is 63.0 Å². The van der Waals surface area contributed by atoms with Gasteiger partial charge in [-0.05, 0) is 34.5 Å². The molecule has 0 unspecified atom stereocenters. The van der Waals surface area contributed by atoms with E-state index >= 15 is 0 Å². The van der Waals surface area contributed by atoms with E-state index in [0.717, 1.165) is 0 Å². The summed E-state index contributed by atoms with van der Waals surface area (Å²) in [7, 11) is -7.16. The third-order valence-electron chi connectivity index (χ3n) is 5.12. The molecule has 1 heterocycles. The number of nitrogens with zero attached hydrogens (tertiary/aromatic N) is 3. The second-order valence-electron chi connectivity index (χ2n) is 7.50. The minimum absolute atomic E-state index is 0. The molecule has 4 rings (SSSR count). The topological polar surface area (TPSA) is 172 Å². The fraction of sp³-hybridized carbons (Fsp3) is 0.136. The molecule has 0 amide bonds. The summed E-state index contributed by atoms with van der Waals surface area (Å²) in [5.41, 5.74) is 0.851. The maximum absolute atomic E-state index is 12.5. The molecule has 0 radical (unpaired) electrons. The molecule has 0 saturated heterocycles. The van der Waals surface area contributed by atoms with Gasteiger partial charge in [-0.2, -0.15) is 23.4 Å². The number of hydrogen-bond donors (Lipinski definition) is 2. The third-order valence-corrected chi connectivity index (χ3v) is 7.98. The Bertz CT molecular complexity index is 1690. The standard InChI is InChI=1S/C22H19ClN4O7S2.Na/c1-34-19-12-13(35(29,30)10-11-36(31,32)33)6-8-17(19)24-22-26-20(25-21(23)27-22)16-7-9-18(28)15-5-3-2-4-14(15)16;/h2-9,12,28H,10-11H2,1H3,(H,31,32,33)(H,24,25,26,27);/q;+1/p-1. The Kier molecular flexibility index (Phi) is 9.01. The van der Waals surface area contributed by atoms with Crippen LogP contribution in [0.4, 0.5) is 11.6 Å². The average Bonchev–Trinajstić information content (AvgIpc) is 2.82. The van der Waals surface area contributed by atoms with E-state index in [9.17, 15) is 21.9 Å². The summed E-state index contributed by atoms with van der Waals surface area (Å²) in [6, 6.07) is 13.8. The summed E-state index contributed by atoms with van der Waals surface area (Å²) < 4.78 is 61.0. The fourth-order valence-electron chi connectivity index (χ4n) is 3.41. The molecule has 0 aliphatic heterocycles. The third kappa shape index (κ3) is 6.87. The molecular formula is C22H18ClN4NaO7S2. The smallest absolute Gasteiger partial charge is 0.872 e. The van der Waals surface area contributed by atoms with E-state index in [1.807, 2.05) is 0 Å². The molecule has 1 aromatic heterocycles. The molecule has 188 valence electrons. The van der Waals surface area contributed by atoms with Gasteiger partial charge in [-0.3, -0.25) is 4.55 Å². The second-order valence-corrected chi connectivity index (χ2v) is 11.5. The monoisotopic (exact) mass is 572 g/mol. The van der Waals surface area contributed by atoms with Gasteiger partial charge in [-0.25, -0.2) is 8.42 Å². The number of anilines is 2. The molecule has 15 heteroatoms. The van der Waals surface area contributed by atoms with Crippen LogP contribution in [0.2, 0.25) is 5.28 Å². The molecule has 4 aromatic rings. The van der Waals surface area contributed by atoms with Crippen LogP contribution >= 0.6 is 11.6 Å². The van der Waals surface area contributed by atoms with E-state index < -0.39 is 31.5 Å². The van der Waals surface area contributed by atoms with Crippen LogP contribution in [0.1, 0.15) is 0 Å². The Hall–Kier alpha value is -2.52. The zero-order chi connectivity index (χ0) is 26.1. The Labute approximate surface area is 239 Å². The first-order valence-corrected chi connectivity index (χ1v) is 13.8. The van der Waals surface area contributed by atoms with Gasteiger partial charge >= 0.3 is 29.6 Å². The zero-order valence-corrected chi connectivity index (χ0v) is 23.9. The van der Waals surface area contributed by atoms with Crippen molar-refractivity contribution in [2.45, 2.75) is 4.90 Å². The fourth-order valence-corrected chi connectivity index (χ4v) is 6.09. The minimum Gasteiger partial charge on any atom is -0.872 e. The zero-order valence-electron chi connectivity index (χ0n) is 19.5. The van der Waals surface area contributed by atoms with Gasteiger partial charge in [0.2, 0.25) is 11.2 Å². The van der Waals surface area contributed by atoms with Crippen LogP contribution in [-0.2, 0) is 20.0 Å². The van der Waals surface area contributed by atoms with E-state index in [1.165, 1.54) is 31.4 Å². The van der Waals surface area contributed by atoms with Crippen LogP contribution in [0.15, 0.2) is 59.5 Å². The molecule has 0 aliphatic rings. The molecule has 0 bridgehead atoms. The number of ether oxygens (including phenoxy) is 1. The van der Waals surface area contributed by atoms with Crippen molar-refractivity contribution < 1.29 is 60.8 Å². The van der Waals surface area contributed by atoms with Gasteiger partial charge in [-0.15, -0.1) is 5.75 Å². The van der Waals surface area contributed by atoms with Crippen LogP contribution in [0.25, 0.3) is 22.2 Å². The summed E-state index contributed by atoms with van der Waals surface area (Å²) in [6.45, 7) is 0. The van der Waals surface area contributed by atoms with Crippen LogP contribution in [0.5, 0.6) is 11.5 Å². The number of fused-ring (bicyclic) bond motifs is 1. The number of hydrogen-bond acceptors (Lipinski definition) is 10. The van der Waals surface area contributed by atoms with Gasteiger partial charge in [0.15, 0.2) is 15.7 Å². The van der Waals surface area contributed by atoms with Crippen molar-refractivity contribution >= 4 is 54.0 Å². The van der Waals surface area contributed by atoms with Crippen LogP contribution in [-0.4, -0.2) is 55.0 Å². The maximum Gasteiger partial charge on any atom is 1.00 e. The molecule has 2 N–H and O–H groups in total. The first kappa shape index (κ1) is 29.0. The van der Waals surface area contributed by atoms with Gasteiger partial charge in [0.1, 0.15) is 5.75 Å². The number of nitrogens with one attached hydrogen (secondary N) is 1. The first-order valence-electron chi connectivity index (χ1n) is 10.2. The Balaban J connectivity index is 0.00000380. The number of sulfone groups is 1. The summed E-state index contributed by atoms with van der Waals surface area (Å²) in [6.07, 6.45) is 0. The van der Waals surface area contributed by atoms with Gasteiger partial charge in [0, 0.05) is 11.6 Å². The van der Waals surface area contributed by atoms with Crippen molar-refractivity contribution in [2.75, 3.05) is 23.9 Å². The maximum atomic E-state index is 12.5. The molecule has 0 spiro atoms. The van der Waals surface area contributed by atoms with Crippen LogP contribution in [0, 0.1) is 0 Å².